The molecule has 128 valence electrons. The van der Waals surface area contributed by atoms with Crippen LogP contribution < -0.4 is 5.32 Å². The fraction of sp³-hybridized carbons (Fsp3) is 0.125. The van der Waals surface area contributed by atoms with Gasteiger partial charge in [0.15, 0.2) is 5.83 Å². The van der Waals surface area contributed by atoms with Crippen LogP contribution in [0.1, 0.15) is 27.4 Å². The van der Waals surface area contributed by atoms with Gasteiger partial charge in [-0.05, 0) is 30.2 Å². The molecular weight excluding hydrogens is 342 g/mol. The second kappa shape index (κ2) is 5.47. The van der Waals surface area contributed by atoms with Crippen LogP contribution in [-0.2, 0) is 11.0 Å². The van der Waals surface area contributed by atoms with E-state index in [-0.39, 0.29) is 22.5 Å². The highest BCUT2D eigenvalue weighted by Gasteiger charge is 2.38. The Morgan fingerprint density at radius 3 is 2.52 bits per heavy atom. The summed E-state index contributed by atoms with van der Waals surface area (Å²) in [7, 11) is 0. The topological polar surface area (TPSA) is 72.0 Å². The molecule has 0 spiro atoms. The van der Waals surface area contributed by atoms with Crippen molar-refractivity contribution < 1.29 is 27.2 Å². The van der Waals surface area contributed by atoms with Crippen molar-refractivity contribution in [3.63, 3.8) is 0 Å². The van der Waals surface area contributed by atoms with Gasteiger partial charge in [0.25, 0.3) is 5.91 Å². The van der Waals surface area contributed by atoms with E-state index in [1.54, 1.807) is 6.92 Å². The summed E-state index contributed by atoms with van der Waals surface area (Å²) in [5, 5.41) is 2.21. The van der Waals surface area contributed by atoms with Crippen molar-refractivity contribution >= 4 is 17.4 Å². The summed E-state index contributed by atoms with van der Waals surface area (Å²) < 4.78 is 51.0. The lowest BCUT2D eigenvalue weighted by molar-refractivity contribution is -0.145. The summed E-state index contributed by atoms with van der Waals surface area (Å²) in [6.45, 7) is 4.45. The lowest BCUT2D eigenvalue weighted by atomic mass is 10.0. The Labute approximate surface area is 138 Å². The molecule has 1 aromatic carbocycles. The van der Waals surface area contributed by atoms with Gasteiger partial charge in [0.1, 0.15) is 5.69 Å². The summed E-state index contributed by atoms with van der Waals surface area (Å²) in [5.41, 5.74) is 0.865. The van der Waals surface area contributed by atoms with E-state index < -0.39 is 29.5 Å². The zero-order chi connectivity index (χ0) is 18.5. The van der Waals surface area contributed by atoms with E-state index in [2.05, 4.69) is 21.9 Å². The number of carbonyl (C=O) groups is 2. The van der Waals surface area contributed by atoms with Crippen molar-refractivity contribution in [2.24, 2.45) is 0 Å². The summed E-state index contributed by atoms with van der Waals surface area (Å²) in [6, 6.07) is 2.71. The minimum absolute atomic E-state index is 0.0587. The zero-order valence-corrected chi connectivity index (χ0v) is 12.7. The van der Waals surface area contributed by atoms with Gasteiger partial charge in [-0.25, -0.2) is 14.4 Å². The number of hydrogen-bond acceptors (Lipinski definition) is 4. The summed E-state index contributed by atoms with van der Waals surface area (Å²) in [5.74, 6) is -4.43. The third-order valence-corrected chi connectivity index (χ3v) is 3.61. The molecule has 9 heteroatoms. The van der Waals surface area contributed by atoms with Crippen LogP contribution in [0.4, 0.5) is 23.2 Å². The van der Waals surface area contributed by atoms with Gasteiger partial charge in [-0.1, -0.05) is 6.58 Å². The van der Waals surface area contributed by atoms with Gasteiger partial charge in [0.05, 0.1) is 0 Å². The van der Waals surface area contributed by atoms with Crippen LogP contribution in [0.3, 0.4) is 0 Å². The standard InChI is InChI=1S/C16H9F4N3O2/c1-6-3-8(22-14(25)7(2)17)4-9-11(6)10-5-21-15(16(18,19)20)23-12(10)13(9)24/h3-5H,2H2,1H3,(H,22,25). The number of rotatable bonds is 2. The van der Waals surface area contributed by atoms with Crippen LogP contribution in [-0.4, -0.2) is 21.7 Å². The predicted molar refractivity (Wildman–Crippen MR) is 79.5 cm³/mol. The first-order valence-electron chi connectivity index (χ1n) is 6.89. The first-order chi connectivity index (χ1) is 11.6. The molecule has 3 rings (SSSR count). The number of hydrogen-bond donors (Lipinski definition) is 1. The summed E-state index contributed by atoms with van der Waals surface area (Å²) in [4.78, 5) is 30.4. The van der Waals surface area contributed by atoms with Crippen LogP contribution in [0, 0.1) is 6.92 Å². The van der Waals surface area contributed by atoms with E-state index in [0.717, 1.165) is 6.20 Å². The van der Waals surface area contributed by atoms with Crippen molar-refractivity contribution in [3.05, 3.63) is 53.4 Å². The molecule has 0 radical (unpaired) electrons. The molecule has 1 aliphatic carbocycles. The Morgan fingerprint density at radius 2 is 1.92 bits per heavy atom. The molecular formula is C16H9F4N3O2. The number of aromatic nitrogens is 2. The van der Waals surface area contributed by atoms with Crippen LogP contribution in [0.25, 0.3) is 11.1 Å². The highest BCUT2D eigenvalue weighted by molar-refractivity contribution is 6.21. The predicted octanol–water partition coefficient (Wildman–Crippen LogP) is 3.44. The number of alkyl halides is 3. The van der Waals surface area contributed by atoms with Gasteiger partial charge < -0.3 is 5.32 Å². The fourth-order valence-electron chi connectivity index (χ4n) is 2.60. The number of fused-ring (bicyclic) bond motifs is 3. The first kappa shape index (κ1) is 16.7. The van der Waals surface area contributed by atoms with Crippen LogP contribution in [0.2, 0.25) is 0 Å². The Kier molecular flexibility index (Phi) is 3.66. The molecule has 1 amide bonds. The largest absolute Gasteiger partial charge is 0.451 e. The van der Waals surface area contributed by atoms with E-state index >= 15 is 0 Å². The quantitative estimate of drug-likeness (QED) is 0.567. The fourth-order valence-corrected chi connectivity index (χ4v) is 2.60. The molecule has 0 bridgehead atoms. The SMILES string of the molecule is C=C(F)C(=O)Nc1cc(C)c2c(c1)C(=O)c1nc(C(F)(F)F)ncc1-2. The second-order valence-electron chi connectivity index (χ2n) is 5.36. The van der Waals surface area contributed by atoms with Gasteiger partial charge >= 0.3 is 6.18 Å². The molecule has 0 unspecified atom stereocenters. The molecule has 0 atom stereocenters. The van der Waals surface area contributed by atoms with Crippen molar-refractivity contribution in [2.45, 2.75) is 13.1 Å². The zero-order valence-electron chi connectivity index (χ0n) is 12.7. The number of halogens is 4. The monoisotopic (exact) mass is 351 g/mol. The molecule has 0 saturated heterocycles. The van der Waals surface area contributed by atoms with Crippen molar-refractivity contribution in [1.29, 1.82) is 0 Å². The highest BCUT2D eigenvalue weighted by Crippen LogP contribution is 2.40. The van der Waals surface area contributed by atoms with E-state index in [4.69, 9.17) is 0 Å². The van der Waals surface area contributed by atoms with Gasteiger partial charge in [0, 0.05) is 23.0 Å². The minimum Gasteiger partial charge on any atom is -0.320 e. The molecule has 1 heterocycles. The van der Waals surface area contributed by atoms with Crippen LogP contribution >= 0.6 is 0 Å². The Morgan fingerprint density at radius 1 is 1.24 bits per heavy atom. The molecule has 1 aromatic heterocycles. The number of amides is 1. The van der Waals surface area contributed by atoms with E-state index in [1.807, 2.05) is 0 Å². The number of anilines is 1. The summed E-state index contributed by atoms with van der Waals surface area (Å²) in [6.07, 6.45) is -3.83. The minimum atomic E-state index is -4.78. The molecule has 0 saturated carbocycles. The van der Waals surface area contributed by atoms with Crippen molar-refractivity contribution in [1.82, 2.24) is 9.97 Å². The lowest BCUT2D eigenvalue weighted by Crippen LogP contribution is -2.13. The maximum Gasteiger partial charge on any atom is 0.451 e. The van der Waals surface area contributed by atoms with Crippen LogP contribution in [0.5, 0.6) is 0 Å². The molecule has 5 nitrogen and oxygen atoms in total. The molecule has 1 N–H and O–H groups in total. The molecule has 0 aliphatic heterocycles. The number of nitrogens with zero attached hydrogens (tertiary/aromatic N) is 2. The molecule has 0 fully saturated rings. The number of nitrogens with one attached hydrogen (secondary N) is 1. The van der Waals surface area contributed by atoms with Gasteiger partial charge in [-0.2, -0.15) is 13.2 Å². The first-order valence-corrected chi connectivity index (χ1v) is 6.89. The number of aryl methyl sites for hydroxylation is 1. The third kappa shape index (κ3) is 2.77. The van der Waals surface area contributed by atoms with E-state index in [1.165, 1.54) is 12.1 Å². The Hall–Kier alpha value is -3.10. The maximum absolute atomic E-state index is 12.8. The smallest absolute Gasteiger partial charge is 0.320 e. The molecule has 25 heavy (non-hydrogen) atoms. The maximum atomic E-state index is 12.8. The van der Waals surface area contributed by atoms with Gasteiger partial charge in [0.2, 0.25) is 11.6 Å². The normalized spacial score (nSPS) is 12.6. The van der Waals surface area contributed by atoms with Gasteiger partial charge in [-0.3, -0.25) is 9.59 Å². The number of benzene rings is 1. The second-order valence-corrected chi connectivity index (χ2v) is 5.36. The van der Waals surface area contributed by atoms with Gasteiger partial charge in [-0.15, -0.1) is 0 Å². The summed E-state index contributed by atoms with van der Waals surface area (Å²) >= 11 is 0. The Balaban J connectivity index is 2.10. The number of ketones is 1. The average Bonchev–Trinajstić information content (AvgIpc) is 2.79. The van der Waals surface area contributed by atoms with E-state index in [9.17, 15) is 27.2 Å². The van der Waals surface area contributed by atoms with E-state index in [0.29, 0.717) is 11.1 Å². The third-order valence-electron chi connectivity index (χ3n) is 3.61. The average molecular weight is 351 g/mol. The highest BCUT2D eigenvalue weighted by atomic mass is 19.4. The molecule has 2 aromatic rings. The molecule has 1 aliphatic rings. The van der Waals surface area contributed by atoms with Crippen molar-refractivity contribution in [2.75, 3.05) is 5.32 Å². The van der Waals surface area contributed by atoms with Crippen LogP contribution in [0.15, 0.2) is 30.7 Å². The van der Waals surface area contributed by atoms with Crippen molar-refractivity contribution in [3.8, 4) is 11.1 Å². The Bertz CT molecular complexity index is 951. The number of carbonyl (C=O) groups excluding carboxylic acids is 2. The lowest BCUT2D eigenvalue weighted by Gasteiger charge is -2.09.